The topological polar surface area (TPSA) is 154 Å². The van der Waals surface area contributed by atoms with E-state index in [-0.39, 0.29) is 24.3 Å². The SMILES string of the molecule is O=CC1=CS(C=O)(C=O)(C=O)(C=O)C(C=O)(C=O)C1(C=O)C=O. The van der Waals surface area contributed by atoms with E-state index in [4.69, 9.17) is 0 Å². The third kappa shape index (κ3) is 1.21. The van der Waals surface area contributed by atoms with Gasteiger partial charge in [0.05, 0.1) is 0 Å². The lowest BCUT2D eigenvalue weighted by Gasteiger charge is -2.64. The zero-order valence-corrected chi connectivity index (χ0v) is 12.2. The molecule has 0 saturated carbocycles. The van der Waals surface area contributed by atoms with Crippen molar-refractivity contribution in [3.8, 4) is 0 Å². The molecule has 23 heavy (non-hydrogen) atoms. The summed E-state index contributed by atoms with van der Waals surface area (Å²) in [4.78, 5) is 105. The molecule has 1 aliphatic rings. The smallest absolute Gasteiger partial charge is 0.168 e. The zero-order valence-electron chi connectivity index (χ0n) is 11.4. The Kier molecular flexibility index (Phi) is 3.60. The Balaban J connectivity index is 4.60. The van der Waals surface area contributed by atoms with Gasteiger partial charge in [0, 0.05) is 5.57 Å². The highest BCUT2D eigenvalue weighted by molar-refractivity contribution is 8.98. The van der Waals surface area contributed by atoms with Crippen molar-refractivity contribution in [2.24, 2.45) is 5.41 Å². The van der Waals surface area contributed by atoms with Crippen molar-refractivity contribution >= 4 is 62.2 Å². The summed E-state index contributed by atoms with van der Waals surface area (Å²) in [6.45, 7) is 0. The molecule has 122 valence electrons. The maximum absolute atomic E-state index is 11.8. The van der Waals surface area contributed by atoms with Crippen molar-refractivity contribution in [2.75, 3.05) is 0 Å². The highest BCUT2D eigenvalue weighted by atomic mass is 32.4. The Morgan fingerprint density at radius 3 is 1.26 bits per heavy atom. The molecule has 1 heterocycles. The van der Waals surface area contributed by atoms with E-state index in [9.17, 15) is 43.2 Å². The van der Waals surface area contributed by atoms with Crippen molar-refractivity contribution in [3.63, 3.8) is 0 Å². The number of carbonyl (C=O) groups excluding carboxylic acids is 9. The summed E-state index contributed by atoms with van der Waals surface area (Å²) in [7, 11) is -6.45. The molecule has 9 nitrogen and oxygen atoms in total. The van der Waals surface area contributed by atoms with E-state index >= 15 is 0 Å². The van der Waals surface area contributed by atoms with E-state index in [1.165, 1.54) is 0 Å². The fourth-order valence-corrected chi connectivity index (χ4v) is 6.84. The van der Waals surface area contributed by atoms with E-state index in [1.54, 1.807) is 0 Å². The number of hydrogen-bond acceptors (Lipinski definition) is 9. The first-order valence-corrected chi connectivity index (χ1v) is 8.50. The summed E-state index contributed by atoms with van der Waals surface area (Å²) in [5.41, 5.74) is -5.95. The number of allylic oxidation sites excluding steroid dienone is 1. The van der Waals surface area contributed by atoms with Crippen molar-refractivity contribution in [3.05, 3.63) is 11.0 Å². The lowest BCUT2D eigenvalue weighted by atomic mass is 9.73. The predicted molar refractivity (Wildman–Crippen MR) is 78.2 cm³/mol. The van der Waals surface area contributed by atoms with Gasteiger partial charge in [-0.3, -0.25) is 24.0 Å². The molecule has 0 aromatic heterocycles. The predicted octanol–water partition coefficient (Wildman–Crippen LogP) is -1.76. The maximum atomic E-state index is 11.8. The Hall–Kier alpha value is -2.88. The fraction of sp³-hybridized carbons (Fsp3) is 0.154. The molecule has 0 aliphatic carbocycles. The van der Waals surface area contributed by atoms with E-state index in [2.05, 4.69) is 0 Å². The van der Waals surface area contributed by atoms with Crippen LogP contribution < -0.4 is 0 Å². The molecule has 0 saturated heterocycles. The lowest BCUT2D eigenvalue weighted by Crippen LogP contribution is -2.66. The second-order valence-corrected chi connectivity index (χ2v) is 10.7. The molecule has 0 amide bonds. The molecule has 1 aliphatic heterocycles. The first-order chi connectivity index (χ1) is 10.8. The molecular weight excluding hydrogens is 332 g/mol. The molecule has 0 N–H and O–H groups in total. The van der Waals surface area contributed by atoms with Gasteiger partial charge in [-0.1, -0.05) is 8.29 Å². The average Bonchev–Trinajstić information content (AvgIpc) is 2.84. The van der Waals surface area contributed by atoms with E-state index < -0.39 is 59.1 Å². The van der Waals surface area contributed by atoms with Crippen LogP contribution in [0.3, 0.4) is 0 Å². The molecule has 0 aromatic rings. The van der Waals surface area contributed by atoms with Crippen LogP contribution in [0, 0.1) is 5.41 Å². The molecule has 0 unspecified atom stereocenters. The third-order valence-electron chi connectivity index (χ3n) is 4.49. The van der Waals surface area contributed by atoms with Crippen LogP contribution >= 0.6 is 8.29 Å². The number of aldehydes is 5. The van der Waals surface area contributed by atoms with Gasteiger partial charge in [-0.15, -0.1) is 0 Å². The van der Waals surface area contributed by atoms with Crippen LogP contribution in [0.2, 0.25) is 0 Å². The molecule has 1 rings (SSSR count). The molecule has 0 fully saturated rings. The van der Waals surface area contributed by atoms with E-state index in [0.29, 0.717) is 0 Å². The first-order valence-electron chi connectivity index (χ1n) is 5.74. The van der Waals surface area contributed by atoms with Gasteiger partial charge in [0.25, 0.3) is 0 Å². The van der Waals surface area contributed by atoms with Crippen LogP contribution in [-0.4, -0.2) is 58.7 Å². The van der Waals surface area contributed by atoms with Gasteiger partial charge in [0.2, 0.25) is 0 Å². The standard InChI is InChI=1S/C13H10O9S/c14-1-11-2-23(7-19,8-20,9-21,10-22)13(5-17,6-18)12(11,3-15)4-16/h1-10H. The van der Waals surface area contributed by atoms with Gasteiger partial charge in [0.15, 0.2) is 22.5 Å². The number of carbonyl (C=O) groups is 9. The summed E-state index contributed by atoms with van der Waals surface area (Å²) < 4.78 is -3.31. The van der Waals surface area contributed by atoms with E-state index in [0.717, 1.165) is 0 Å². The molecule has 0 atom stereocenters. The molecule has 10 heteroatoms. The van der Waals surface area contributed by atoms with Crippen LogP contribution in [0.1, 0.15) is 0 Å². The van der Waals surface area contributed by atoms with Crippen LogP contribution in [-0.2, 0) is 43.2 Å². The number of rotatable bonds is 9. The summed E-state index contributed by atoms with van der Waals surface area (Å²) in [6.07, 6.45) is -1.74. The van der Waals surface area contributed by atoms with Crippen LogP contribution in [0.4, 0.5) is 0 Å². The molecule has 0 aromatic carbocycles. The normalized spacial score (nSPS) is 27.0. The minimum atomic E-state index is -6.45. The van der Waals surface area contributed by atoms with Crippen molar-refractivity contribution in [1.29, 1.82) is 0 Å². The summed E-state index contributed by atoms with van der Waals surface area (Å²) in [5, 5.41) is 0.235. The van der Waals surface area contributed by atoms with Crippen LogP contribution in [0.25, 0.3) is 0 Å². The van der Waals surface area contributed by atoms with Crippen LogP contribution in [0.5, 0.6) is 0 Å². The van der Waals surface area contributed by atoms with E-state index in [1.807, 2.05) is 0 Å². The van der Waals surface area contributed by atoms with Crippen molar-refractivity contribution in [2.45, 2.75) is 4.75 Å². The number of hydrogen-bond donors (Lipinski definition) is 0. The Morgan fingerprint density at radius 1 is 0.652 bits per heavy atom. The Labute approximate surface area is 127 Å². The van der Waals surface area contributed by atoms with Crippen LogP contribution in [0.15, 0.2) is 11.0 Å². The summed E-state index contributed by atoms with van der Waals surface area (Å²) in [5.74, 6) is 0. The third-order valence-corrected chi connectivity index (χ3v) is 10.0. The minimum absolute atomic E-state index is 0.183. The average molecular weight is 342 g/mol. The van der Waals surface area contributed by atoms with Gasteiger partial charge in [0.1, 0.15) is 41.6 Å². The summed E-state index contributed by atoms with van der Waals surface area (Å²) in [6, 6.07) is 0. The van der Waals surface area contributed by atoms with Gasteiger partial charge >= 0.3 is 0 Å². The fourth-order valence-electron chi connectivity index (χ4n) is 2.80. The molecule has 0 spiro atoms. The van der Waals surface area contributed by atoms with Crippen molar-refractivity contribution < 1.29 is 43.2 Å². The van der Waals surface area contributed by atoms with Crippen molar-refractivity contribution in [1.82, 2.24) is 0 Å². The Bertz CT molecular complexity index is 666. The Morgan fingerprint density at radius 2 is 1.04 bits per heavy atom. The molecular formula is C13H10O9S. The monoisotopic (exact) mass is 342 g/mol. The molecule has 0 radical (unpaired) electrons. The second-order valence-electron chi connectivity index (χ2n) is 5.16. The van der Waals surface area contributed by atoms with Gasteiger partial charge in [-0.2, -0.15) is 0 Å². The lowest BCUT2D eigenvalue weighted by molar-refractivity contribution is -0.134. The minimum Gasteiger partial charge on any atom is -0.302 e. The first kappa shape index (κ1) is 18.2. The second kappa shape index (κ2) is 4.56. The van der Waals surface area contributed by atoms with Gasteiger partial charge < -0.3 is 19.2 Å². The van der Waals surface area contributed by atoms with Gasteiger partial charge in [-0.25, -0.2) is 0 Å². The van der Waals surface area contributed by atoms with Gasteiger partial charge in [-0.05, 0) is 5.41 Å². The highest BCUT2D eigenvalue weighted by Crippen LogP contribution is 2.94. The molecule has 0 bridgehead atoms. The zero-order chi connectivity index (χ0) is 18.1. The highest BCUT2D eigenvalue weighted by Gasteiger charge is 2.86. The quantitative estimate of drug-likeness (QED) is 0.350. The maximum Gasteiger partial charge on any atom is 0.168 e. The summed E-state index contributed by atoms with van der Waals surface area (Å²) >= 11 is 0. The largest absolute Gasteiger partial charge is 0.302 e.